The van der Waals surface area contributed by atoms with Gasteiger partial charge in [0.05, 0.1) is 65.8 Å². The van der Waals surface area contributed by atoms with Crippen molar-refractivity contribution in [1.82, 2.24) is 30.3 Å². The van der Waals surface area contributed by atoms with Gasteiger partial charge in [-0.2, -0.15) is 0 Å². The number of carbonyl (C=O) groups excluding carboxylic acids is 8. The fourth-order valence-electron chi connectivity index (χ4n) is 10.2. The highest BCUT2D eigenvalue weighted by atomic mass is 16.6. The van der Waals surface area contributed by atoms with Crippen LogP contribution in [0.25, 0.3) is 0 Å². The smallest absolute Gasteiger partial charge is 0.416 e. The van der Waals surface area contributed by atoms with Crippen LogP contribution in [0, 0.1) is 5.92 Å². The van der Waals surface area contributed by atoms with Crippen molar-refractivity contribution in [3.05, 3.63) is 131 Å². The molecule has 5 atom stereocenters. The van der Waals surface area contributed by atoms with Gasteiger partial charge in [-0.1, -0.05) is 50.3 Å². The van der Waals surface area contributed by atoms with Crippen molar-refractivity contribution in [3.63, 3.8) is 0 Å². The van der Waals surface area contributed by atoms with Crippen LogP contribution >= 0.6 is 0 Å². The largest absolute Gasteiger partial charge is 0.493 e. The summed E-state index contributed by atoms with van der Waals surface area (Å²) >= 11 is 0. The zero-order valence-electron chi connectivity index (χ0n) is 46.5. The molecule has 5 aliphatic rings. The molecule has 0 radical (unpaired) electrons. The van der Waals surface area contributed by atoms with Crippen LogP contribution in [0.4, 0.5) is 21.9 Å². The number of nitrogens with zero attached hydrogens (tertiary/aromatic N) is 6. The van der Waals surface area contributed by atoms with E-state index in [9.17, 15) is 53.4 Å². The zero-order chi connectivity index (χ0) is 60.3. The number of hydrogen-bond acceptors (Lipinski definition) is 17. The van der Waals surface area contributed by atoms with Gasteiger partial charge in [0.25, 0.3) is 23.6 Å². The molecule has 6 heterocycles. The minimum atomic E-state index is -1.65. The van der Waals surface area contributed by atoms with E-state index in [2.05, 4.69) is 39.1 Å². The van der Waals surface area contributed by atoms with Crippen molar-refractivity contribution in [2.45, 2.75) is 90.2 Å². The van der Waals surface area contributed by atoms with Gasteiger partial charge in [0.15, 0.2) is 29.2 Å². The first-order valence-electron chi connectivity index (χ1n) is 26.7. The number of carboxylic acid groups (broad SMARTS) is 1. The monoisotopic (exact) mass is 1150 g/mol. The number of ether oxygens (including phenoxy) is 5. The fraction of sp³-hybridized carbons (Fsp3) is 0.339. The molecule has 0 saturated carbocycles. The van der Waals surface area contributed by atoms with Gasteiger partial charge in [-0.15, -0.1) is 0 Å². The number of methoxy groups -OCH3 is 2. The Morgan fingerprint density at radius 3 is 1.98 bits per heavy atom. The van der Waals surface area contributed by atoms with Gasteiger partial charge in [0, 0.05) is 62.2 Å². The zero-order valence-corrected chi connectivity index (χ0v) is 46.5. The Morgan fingerprint density at radius 1 is 0.738 bits per heavy atom. The second kappa shape index (κ2) is 24.7. The Balaban J connectivity index is 0.864. The van der Waals surface area contributed by atoms with E-state index in [1.807, 2.05) is 0 Å². The van der Waals surface area contributed by atoms with E-state index < -0.39 is 77.8 Å². The first-order chi connectivity index (χ1) is 40.1. The summed E-state index contributed by atoms with van der Waals surface area (Å²) in [7, 11) is 2.76. The van der Waals surface area contributed by atoms with Crippen LogP contribution in [0.5, 0.6) is 23.0 Å². The van der Waals surface area contributed by atoms with Crippen molar-refractivity contribution in [2.75, 3.05) is 44.1 Å². The number of pyridine rings is 1. The number of aliphatic hydroxyl groups is 1. The molecule has 84 heavy (non-hydrogen) atoms. The van der Waals surface area contributed by atoms with Gasteiger partial charge in [0.1, 0.15) is 31.9 Å². The summed E-state index contributed by atoms with van der Waals surface area (Å²) in [5, 5.41) is 30.0. The Labute approximate surface area is 481 Å². The van der Waals surface area contributed by atoms with Gasteiger partial charge in [0.2, 0.25) is 17.7 Å². The summed E-state index contributed by atoms with van der Waals surface area (Å²) in [6, 6.07) is 11.4. The molecule has 2 fully saturated rings. The number of fused-ring (bicyclic) bond motifs is 4. The highest BCUT2D eigenvalue weighted by molar-refractivity contribution is 6.13. The lowest BCUT2D eigenvalue weighted by Gasteiger charge is -2.31. The van der Waals surface area contributed by atoms with Crippen molar-refractivity contribution in [3.8, 4) is 23.0 Å². The topological polar surface area (TPSA) is 315 Å². The van der Waals surface area contributed by atoms with Gasteiger partial charge < -0.3 is 59.6 Å². The van der Waals surface area contributed by atoms with Crippen LogP contribution in [0.1, 0.15) is 88.1 Å². The first kappa shape index (κ1) is 58.7. The molecule has 5 N–H and O–H groups in total. The minimum Gasteiger partial charge on any atom is -0.493 e. The number of nitrogens with one attached hydrogen (secondary N) is 3. The highest BCUT2D eigenvalue weighted by Crippen LogP contribution is 2.43. The number of anilines is 2. The Hall–Kier alpha value is -9.91. The molecule has 4 aromatic rings. The number of hydrogen-bond donors (Lipinski definition) is 5. The second-order valence-corrected chi connectivity index (χ2v) is 20.9. The summed E-state index contributed by atoms with van der Waals surface area (Å²) in [6.07, 6.45) is 1.75. The molecule has 25 heteroatoms. The average molecular weight is 1150 g/mol. The van der Waals surface area contributed by atoms with E-state index in [4.69, 9.17) is 23.7 Å². The number of carboxylic acids is 1. The quantitative estimate of drug-likeness (QED) is 0.0597. The molecule has 0 spiro atoms. The molecule has 0 aliphatic carbocycles. The predicted octanol–water partition coefficient (Wildman–Crippen LogP) is 4.59. The normalized spacial score (nSPS) is 18.5. The predicted molar refractivity (Wildman–Crippen MR) is 300 cm³/mol. The lowest BCUT2D eigenvalue weighted by molar-refractivity contribution is -0.137. The molecule has 438 valence electrons. The fourth-order valence-corrected chi connectivity index (χ4v) is 10.2. The molecule has 2 saturated heterocycles. The number of benzene rings is 3. The van der Waals surface area contributed by atoms with Crippen LogP contribution in [-0.4, -0.2) is 154 Å². The average Bonchev–Trinajstić information content (AvgIpc) is 1.91. The summed E-state index contributed by atoms with van der Waals surface area (Å²) in [5.74, 6) is -4.82. The van der Waals surface area contributed by atoms with Crippen LogP contribution in [0.15, 0.2) is 102 Å². The van der Waals surface area contributed by atoms with Crippen molar-refractivity contribution >= 4 is 76.7 Å². The first-order valence-corrected chi connectivity index (χ1v) is 26.7. The second-order valence-electron chi connectivity index (χ2n) is 20.9. The Bertz CT molecular complexity index is 3450. The maximum atomic E-state index is 14.3. The van der Waals surface area contributed by atoms with Gasteiger partial charge >= 0.3 is 12.1 Å². The van der Waals surface area contributed by atoms with Crippen LogP contribution in [0.3, 0.4) is 0 Å². The molecule has 1 aromatic heterocycles. The molecule has 25 nitrogen and oxygen atoms in total. The van der Waals surface area contributed by atoms with Crippen LogP contribution in [0.2, 0.25) is 0 Å². The summed E-state index contributed by atoms with van der Waals surface area (Å²) < 4.78 is 29.4. The molecule has 2 unspecified atom stereocenters. The number of imide groups is 1. The van der Waals surface area contributed by atoms with Crippen LogP contribution in [-0.2, 0) is 48.5 Å². The lowest BCUT2D eigenvalue weighted by atomic mass is 10.0. The van der Waals surface area contributed by atoms with Crippen LogP contribution < -0.4 is 39.8 Å². The number of aromatic carboxylic acids is 1. The standard InChI is InChI=1S/C59H61N9O16/c1-30(2)52(64-49(69)14-15-65-50(70)12-13-51(65)71)54(73)61-33(5)53(72)63-36-10-8-34(9-11-36)27-84-59(79)68-43-23-48(46(81-7)21-41(43)56(75)67-26-32(4)17-44(67)57(68)76)83-29-38-19-35(58(77)78)18-37(62-38)28-82-47-22-42-40(20-45(47)80-6)55(74)66-25-31(3)16-39(66)24-60-42/h8-13,18-24,30,33,39,44,52,57,76H,3-4,14-17,25-29H2,1-2,5-7H3,(H,61,73)(H,63,72)(H,64,69)(H,77,78)/t33?,39-,44-,52?,57-/m0/s1. The lowest BCUT2D eigenvalue weighted by Crippen LogP contribution is -2.54. The number of amides is 8. The van der Waals surface area contributed by atoms with E-state index in [1.165, 1.54) is 62.4 Å². The highest BCUT2D eigenvalue weighted by Gasteiger charge is 2.46. The van der Waals surface area contributed by atoms with E-state index >= 15 is 0 Å². The minimum absolute atomic E-state index is 0.0193. The third-order valence-electron chi connectivity index (χ3n) is 14.6. The third kappa shape index (κ3) is 12.6. The Morgan fingerprint density at radius 2 is 1.35 bits per heavy atom. The third-order valence-corrected chi connectivity index (χ3v) is 14.6. The van der Waals surface area contributed by atoms with Gasteiger partial charge in [-0.25, -0.2) is 14.5 Å². The SMILES string of the molecule is C=C1C[C@H]2C=Nc3cc(OCc4cc(C(=O)O)cc(COc5cc6c(cc5OC)C(=O)N5CC(=C)C[C@H]5[C@H](O)N6C(=O)OCc5ccc(NC(=O)C(C)NC(=O)C(NC(=O)CCN6C(=O)C=CC6=O)C(C)C)cc5)n4)c(OC)cc3C(=O)N2C1. The van der Waals surface area contributed by atoms with Crippen molar-refractivity contribution in [1.29, 1.82) is 0 Å². The molecular formula is C59H61N9O16. The number of aliphatic imine (C=N–C) groups is 1. The van der Waals surface area contributed by atoms with E-state index in [0.29, 0.717) is 41.0 Å². The van der Waals surface area contributed by atoms with Gasteiger partial charge in [-0.3, -0.25) is 48.4 Å². The molecule has 3 aromatic carbocycles. The van der Waals surface area contributed by atoms with E-state index in [-0.39, 0.29) is 109 Å². The van der Waals surface area contributed by atoms with Crippen molar-refractivity contribution in [2.24, 2.45) is 10.9 Å². The number of aromatic nitrogens is 1. The maximum Gasteiger partial charge on any atom is 0.416 e. The number of aliphatic hydroxyl groups excluding tert-OH is 1. The maximum absolute atomic E-state index is 14.3. The Kier molecular flexibility index (Phi) is 17.2. The summed E-state index contributed by atoms with van der Waals surface area (Å²) in [4.78, 5) is 132. The van der Waals surface area contributed by atoms with E-state index in [1.54, 1.807) is 49.2 Å². The number of rotatable bonds is 20. The van der Waals surface area contributed by atoms with Crippen molar-refractivity contribution < 1.29 is 77.0 Å². The summed E-state index contributed by atoms with van der Waals surface area (Å²) in [6.45, 7) is 12.3. The molecule has 8 amide bonds. The molecule has 0 bridgehead atoms. The molecular weight excluding hydrogens is 1090 g/mol. The number of carbonyl (C=O) groups is 9. The molecule has 9 rings (SSSR count). The molecule has 5 aliphatic heterocycles. The van der Waals surface area contributed by atoms with Gasteiger partial charge in [-0.05, 0) is 67.6 Å². The van der Waals surface area contributed by atoms with E-state index in [0.717, 1.165) is 27.5 Å². The summed E-state index contributed by atoms with van der Waals surface area (Å²) in [5.41, 5.74) is 3.07.